The van der Waals surface area contributed by atoms with Crippen molar-refractivity contribution >= 4 is 0 Å². The van der Waals surface area contributed by atoms with Crippen LogP contribution in [-0.4, -0.2) is 16.2 Å². The van der Waals surface area contributed by atoms with Gasteiger partial charge in [0.2, 0.25) is 0 Å². The van der Waals surface area contributed by atoms with Crippen LogP contribution >= 0.6 is 0 Å². The molecule has 0 spiro atoms. The smallest absolute Gasteiger partial charge is 0.180 e. The Balaban J connectivity index is 2.24. The molecule has 0 aromatic carbocycles. The molecule has 0 unspecified atom stereocenters. The molecule has 104 valence electrons. The quantitative estimate of drug-likeness (QED) is 0.851. The third kappa shape index (κ3) is 2.69. The number of aromatic nitrogens is 1. The zero-order valence-corrected chi connectivity index (χ0v) is 12.0. The molecule has 1 heterocycles. The molecular formula is C16H23NO2. The monoisotopic (exact) mass is 261 g/mol. The third-order valence-corrected chi connectivity index (χ3v) is 4.93. The Labute approximate surface area is 115 Å². The summed E-state index contributed by atoms with van der Waals surface area (Å²) in [6, 6.07) is 0. The molecule has 0 aliphatic heterocycles. The van der Waals surface area contributed by atoms with Gasteiger partial charge in [0.25, 0.3) is 0 Å². The number of aliphatic hydroxyl groups excluding tert-OH is 1. The van der Waals surface area contributed by atoms with Gasteiger partial charge in [0, 0.05) is 11.8 Å². The Hall–Kier alpha value is -1.27. The normalized spacial score (nSPS) is 32.4. The van der Waals surface area contributed by atoms with Gasteiger partial charge in [-0.05, 0) is 25.2 Å². The maximum Gasteiger partial charge on any atom is 0.180 e. The summed E-state index contributed by atoms with van der Waals surface area (Å²) in [5.41, 5.74) is -0.173. The van der Waals surface area contributed by atoms with Crippen LogP contribution in [-0.2, 0) is 6.42 Å². The van der Waals surface area contributed by atoms with E-state index in [0.717, 1.165) is 25.0 Å². The first-order valence-electron chi connectivity index (χ1n) is 7.06. The Bertz CT molecular complexity index is 457. The second-order valence-electron chi connectivity index (χ2n) is 5.86. The fourth-order valence-corrected chi connectivity index (χ4v) is 3.39. The van der Waals surface area contributed by atoms with E-state index in [1.165, 1.54) is 12.8 Å². The van der Waals surface area contributed by atoms with Crippen LogP contribution in [0.3, 0.4) is 0 Å². The zero-order valence-electron chi connectivity index (χ0n) is 12.0. The predicted molar refractivity (Wildman–Crippen MR) is 74.3 cm³/mol. The molecule has 2 rings (SSSR count). The van der Waals surface area contributed by atoms with E-state index in [0.29, 0.717) is 11.8 Å². The molecule has 0 saturated heterocycles. The molecule has 1 aliphatic carbocycles. The molecule has 0 bridgehead atoms. The van der Waals surface area contributed by atoms with E-state index in [9.17, 15) is 5.11 Å². The molecule has 1 fully saturated rings. The highest BCUT2D eigenvalue weighted by molar-refractivity contribution is 5.12. The summed E-state index contributed by atoms with van der Waals surface area (Å²) >= 11 is 0. The van der Waals surface area contributed by atoms with Gasteiger partial charge in [0.15, 0.2) is 6.39 Å². The van der Waals surface area contributed by atoms with Crippen LogP contribution in [0.15, 0.2) is 17.0 Å². The number of aliphatic hydroxyl groups is 1. The van der Waals surface area contributed by atoms with E-state index < -0.39 is 6.10 Å². The van der Waals surface area contributed by atoms with Crippen molar-refractivity contribution in [2.24, 2.45) is 17.3 Å². The van der Waals surface area contributed by atoms with Crippen LogP contribution in [0, 0.1) is 29.1 Å². The molecule has 3 nitrogen and oxygen atoms in total. The van der Waals surface area contributed by atoms with Crippen LogP contribution in [0.5, 0.6) is 0 Å². The third-order valence-electron chi connectivity index (χ3n) is 4.93. The van der Waals surface area contributed by atoms with Gasteiger partial charge in [-0.2, -0.15) is 0 Å². The number of nitrogens with zero attached hydrogens (tertiary/aromatic N) is 1. The van der Waals surface area contributed by atoms with Crippen molar-refractivity contribution in [3.8, 4) is 11.8 Å². The van der Waals surface area contributed by atoms with E-state index in [2.05, 4.69) is 30.7 Å². The van der Waals surface area contributed by atoms with E-state index >= 15 is 0 Å². The Morgan fingerprint density at radius 2 is 2.37 bits per heavy atom. The largest absolute Gasteiger partial charge is 0.449 e. The van der Waals surface area contributed by atoms with E-state index in [1.807, 2.05) is 0 Å². The lowest BCUT2D eigenvalue weighted by Gasteiger charge is -2.47. The minimum Gasteiger partial charge on any atom is -0.449 e. The first-order valence-corrected chi connectivity index (χ1v) is 7.06. The van der Waals surface area contributed by atoms with Crippen molar-refractivity contribution in [3.05, 3.63) is 18.4 Å². The summed E-state index contributed by atoms with van der Waals surface area (Å²) in [5.74, 6) is 7.57. The second kappa shape index (κ2) is 5.79. The number of hydrogen-bond donors (Lipinski definition) is 1. The standard InChI is InChI=1S/C16H23NO2/c1-4-6-15(18)16(3)12(2)7-5-8-13(16)9-14-10-17-11-19-14/h10-13,15,18H,5,7-9H2,1-3H3/t12-,13+,15+,16+/m0/s1. The summed E-state index contributed by atoms with van der Waals surface area (Å²) in [5, 5.41) is 10.5. The van der Waals surface area contributed by atoms with Gasteiger partial charge >= 0.3 is 0 Å². The molecule has 19 heavy (non-hydrogen) atoms. The number of oxazole rings is 1. The highest BCUT2D eigenvalue weighted by atomic mass is 16.3. The topological polar surface area (TPSA) is 46.3 Å². The molecule has 3 heteroatoms. The lowest BCUT2D eigenvalue weighted by Crippen LogP contribution is -2.47. The molecule has 0 amide bonds. The van der Waals surface area contributed by atoms with E-state index in [-0.39, 0.29) is 5.41 Å². The maximum atomic E-state index is 10.5. The van der Waals surface area contributed by atoms with Gasteiger partial charge in [-0.15, -0.1) is 5.92 Å². The zero-order chi connectivity index (χ0) is 13.9. The summed E-state index contributed by atoms with van der Waals surface area (Å²) in [7, 11) is 0. The van der Waals surface area contributed by atoms with Crippen molar-refractivity contribution in [2.45, 2.75) is 52.6 Å². The molecule has 1 aromatic heterocycles. The lowest BCUT2D eigenvalue weighted by atomic mass is 9.58. The minimum absolute atomic E-state index is 0.173. The fraction of sp³-hybridized carbons (Fsp3) is 0.688. The lowest BCUT2D eigenvalue weighted by molar-refractivity contribution is -0.0429. The molecule has 1 N–H and O–H groups in total. The highest BCUT2D eigenvalue weighted by Crippen LogP contribution is 2.48. The Morgan fingerprint density at radius 1 is 1.58 bits per heavy atom. The average molecular weight is 261 g/mol. The molecule has 1 aromatic rings. The van der Waals surface area contributed by atoms with Crippen LogP contribution in [0.2, 0.25) is 0 Å². The first-order chi connectivity index (χ1) is 9.09. The summed E-state index contributed by atoms with van der Waals surface area (Å²) in [6.45, 7) is 6.19. The van der Waals surface area contributed by atoms with Gasteiger partial charge in [0.1, 0.15) is 11.9 Å². The van der Waals surface area contributed by atoms with E-state index in [1.54, 1.807) is 13.1 Å². The second-order valence-corrected chi connectivity index (χ2v) is 5.86. The molecule has 4 atom stereocenters. The van der Waals surface area contributed by atoms with Crippen LogP contribution in [0.25, 0.3) is 0 Å². The van der Waals surface area contributed by atoms with Gasteiger partial charge in [-0.1, -0.05) is 32.6 Å². The van der Waals surface area contributed by atoms with Crippen LogP contribution in [0.1, 0.15) is 45.8 Å². The fourth-order valence-electron chi connectivity index (χ4n) is 3.39. The van der Waals surface area contributed by atoms with Crippen LogP contribution < -0.4 is 0 Å². The summed E-state index contributed by atoms with van der Waals surface area (Å²) in [4.78, 5) is 3.98. The molecule has 1 saturated carbocycles. The Morgan fingerprint density at radius 3 is 3.00 bits per heavy atom. The summed E-state index contributed by atoms with van der Waals surface area (Å²) in [6.07, 6.45) is 7.00. The number of rotatable bonds is 3. The first kappa shape index (κ1) is 14.1. The van der Waals surface area contributed by atoms with Crippen molar-refractivity contribution in [2.75, 3.05) is 0 Å². The number of hydrogen-bond acceptors (Lipinski definition) is 3. The van der Waals surface area contributed by atoms with E-state index in [4.69, 9.17) is 4.42 Å². The SMILES string of the molecule is CC#C[C@@H](O)[C@@]1(C)[C@@H](Cc2cnco2)CCC[C@@H]1C. The van der Waals surface area contributed by atoms with Crippen molar-refractivity contribution in [1.82, 2.24) is 4.98 Å². The molecule has 1 aliphatic rings. The van der Waals surface area contributed by atoms with Gasteiger partial charge in [0.05, 0.1) is 6.20 Å². The molecular weight excluding hydrogens is 238 g/mol. The minimum atomic E-state index is -0.569. The average Bonchev–Trinajstić information content (AvgIpc) is 2.88. The van der Waals surface area contributed by atoms with Crippen molar-refractivity contribution in [1.29, 1.82) is 0 Å². The van der Waals surface area contributed by atoms with Crippen molar-refractivity contribution in [3.63, 3.8) is 0 Å². The summed E-state index contributed by atoms with van der Waals surface area (Å²) < 4.78 is 5.38. The van der Waals surface area contributed by atoms with Gasteiger partial charge in [-0.3, -0.25) is 0 Å². The predicted octanol–water partition coefficient (Wildman–Crippen LogP) is 3.04. The van der Waals surface area contributed by atoms with Gasteiger partial charge in [-0.25, -0.2) is 4.98 Å². The molecule has 0 radical (unpaired) electrons. The van der Waals surface area contributed by atoms with Gasteiger partial charge < -0.3 is 9.52 Å². The highest BCUT2D eigenvalue weighted by Gasteiger charge is 2.46. The van der Waals surface area contributed by atoms with Crippen molar-refractivity contribution < 1.29 is 9.52 Å². The Kier molecular flexibility index (Phi) is 4.31. The maximum absolute atomic E-state index is 10.5. The van der Waals surface area contributed by atoms with Crippen LogP contribution in [0.4, 0.5) is 0 Å².